The first-order valence-electron chi connectivity index (χ1n) is 14.0. The lowest BCUT2D eigenvalue weighted by Crippen LogP contribution is -2.41. The number of anilines is 1. The van der Waals surface area contributed by atoms with E-state index in [4.69, 9.17) is 13.8 Å². The molecule has 1 unspecified atom stereocenters. The summed E-state index contributed by atoms with van der Waals surface area (Å²) in [6.07, 6.45) is 0.621. The van der Waals surface area contributed by atoms with Gasteiger partial charge in [0.2, 0.25) is 0 Å². The molecule has 43 heavy (non-hydrogen) atoms. The van der Waals surface area contributed by atoms with E-state index in [0.29, 0.717) is 12.8 Å². The quantitative estimate of drug-likeness (QED) is 0.130. The van der Waals surface area contributed by atoms with Crippen LogP contribution in [0.3, 0.4) is 0 Å². The van der Waals surface area contributed by atoms with Gasteiger partial charge in [0.15, 0.2) is 5.78 Å². The zero-order chi connectivity index (χ0) is 30.2. The normalized spacial score (nSPS) is 13.3. The van der Waals surface area contributed by atoms with Gasteiger partial charge in [-0.25, -0.2) is 9.36 Å². The number of carbonyl (C=O) groups is 3. The maximum Gasteiger partial charge on any atom is 0.453 e. The molecule has 1 N–H and O–H groups in total. The van der Waals surface area contributed by atoms with Crippen LogP contribution in [0, 0.1) is 0 Å². The highest BCUT2D eigenvalue weighted by molar-refractivity contribution is 7.55. The second kappa shape index (κ2) is 13.4. The van der Waals surface area contributed by atoms with Gasteiger partial charge in [0.25, 0.3) is 11.8 Å². The van der Waals surface area contributed by atoms with Crippen molar-refractivity contribution < 1.29 is 32.7 Å². The Kier molecular flexibility index (Phi) is 9.23. The molecule has 3 amide bonds. The molecule has 5 rings (SSSR count). The fourth-order valence-corrected chi connectivity index (χ4v) is 6.86. The summed E-state index contributed by atoms with van der Waals surface area (Å²) in [6, 6.07) is 30.7. The van der Waals surface area contributed by atoms with E-state index >= 15 is 0 Å². The van der Waals surface area contributed by atoms with Crippen LogP contribution in [0.15, 0.2) is 109 Å². The molecule has 0 aliphatic carbocycles. The summed E-state index contributed by atoms with van der Waals surface area (Å²) in [6.45, 7) is 1.97. The van der Waals surface area contributed by atoms with Gasteiger partial charge in [0.1, 0.15) is 18.1 Å². The summed E-state index contributed by atoms with van der Waals surface area (Å²) < 4.78 is 32.2. The van der Waals surface area contributed by atoms with E-state index in [1.807, 2.05) is 37.3 Å². The molecule has 1 atom stereocenters. The molecule has 0 bridgehead atoms. The molecule has 4 aromatic carbocycles. The van der Waals surface area contributed by atoms with Crippen molar-refractivity contribution in [3.63, 3.8) is 0 Å². The van der Waals surface area contributed by atoms with Crippen molar-refractivity contribution in [3.05, 3.63) is 126 Å². The monoisotopic (exact) mass is 598 g/mol. The number of carbonyl (C=O) groups excluding carboxylic acids is 3. The fraction of sp³-hybridized carbons (Fsp3) is 0.182. The number of unbranched alkanes of at least 4 members (excludes halogenated alkanes) is 1. The number of hydrogen-bond donors (Lipinski definition) is 1. The van der Waals surface area contributed by atoms with E-state index in [1.165, 1.54) is 12.1 Å². The molecule has 220 valence electrons. The number of fused-ring (bicyclic) bond motifs is 1. The Bertz CT molecular complexity index is 1590. The van der Waals surface area contributed by atoms with Crippen LogP contribution in [-0.4, -0.2) is 28.6 Å². The van der Waals surface area contributed by atoms with Gasteiger partial charge in [-0.1, -0.05) is 92.6 Å². The van der Waals surface area contributed by atoms with Crippen LogP contribution in [0.4, 0.5) is 10.5 Å². The van der Waals surface area contributed by atoms with E-state index in [-0.39, 0.29) is 41.3 Å². The number of ether oxygens (including phenoxy) is 1. The van der Waals surface area contributed by atoms with Gasteiger partial charge in [-0.05, 0) is 48.4 Å². The zero-order valence-electron chi connectivity index (χ0n) is 23.6. The average Bonchev–Trinajstić information content (AvgIpc) is 3.27. The number of imide groups is 1. The minimum Gasteiger partial charge on any atom is -0.444 e. The number of rotatable bonds is 12. The van der Waals surface area contributed by atoms with Gasteiger partial charge in [0.05, 0.1) is 16.8 Å². The predicted octanol–water partition coefficient (Wildman–Crippen LogP) is 7.90. The van der Waals surface area contributed by atoms with Gasteiger partial charge >= 0.3 is 13.7 Å². The summed E-state index contributed by atoms with van der Waals surface area (Å²) in [7, 11) is -4.27. The van der Waals surface area contributed by atoms with E-state index in [2.05, 4.69) is 5.32 Å². The first-order chi connectivity index (χ1) is 20.9. The summed E-state index contributed by atoms with van der Waals surface area (Å²) in [4.78, 5) is 41.5. The summed E-state index contributed by atoms with van der Waals surface area (Å²) >= 11 is 0. The topological polar surface area (TPSA) is 111 Å². The minimum absolute atomic E-state index is 0.0170. The van der Waals surface area contributed by atoms with Gasteiger partial charge in [-0.15, -0.1) is 0 Å². The number of benzene rings is 4. The van der Waals surface area contributed by atoms with Crippen molar-refractivity contribution in [1.29, 1.82) is 0 Å². The van der Waals surface area contributed by atoms with Crippen molar-refractivity contribution >= 4 is 31.2 Å². The highest BCUT2D eigenvalue weighted by atomic mass is 31.2. The van der Waals surface area contributed by atoms with E-state index in [1.54, 1.807) is 66.7 Å². The molecule has 10 heteroatoms. The van der Waals surface area contributed by atoms with Crippen molar-refractivity contribution in [2.75, 3.05) is 5.32 Å². The van der Waals surface area contributed by atoms with Crippen molar-refractivity contribution in [1.82, 2.24) is 4.90 Å². The largest absolute Gasteiger partial charge is 0.453 e. The highest BCUT2D eigenvalue weighted by Crippen LogP contribution is 2.56. The van der Waals surface area contributed by atoms with Crippen LogP contribution in [0.25, 0.3) is 0 Å². The molecule has 0 saturated heterocycles. The fourth-order valence-electron chi connectivity index (χ4n) is 4.76. The number of amides is 3. The zero-order valence-corrected chi connectivity index (χ0v) is 24.4. The maximum atomic E-state index is 14.8. The van der Waals surface area contributed by atoms with Crippen LogP contribution in [0.5, 0.6) is 11.5 Å². The van der Waals surface area contributed by atoms with Crippen molar-refractivity contribution in [3.8, 4) is 11.5 Å². The van der Waals surface area contributed by atoms with E-state index in [0.717, 1.165) is 10.5 Å². The predicted molar refractivity (Wildman–Crippen MR) is 162 cm³/mol. The number of hydrogen-bond acceptors (Lipinski definition) is 7. The standard InChI is InChI=1S/C33H31N2O7P/c1-2-3-22-29(43(39,41-25-16-9-5-10-17-25)42-26-18-11-6-12-19-26)35-31(36)27-20-13-21-28(30(27)32(35)37)34-33(38)40-23-24-14-7-4-8-15-24/h4-21,29H,2-3,22-23H2,1H3,(H,34,38). The Hall–Kier alpha value is -4.88. The van der Waals surface area contributed by atoms with Crippen LogP contribution >= 0.6 is 7.60 Å². The van der Waals surface area contributed by atoms with Crippen LogP contribution < -0.4 is 14.4 Å². The second-order valence-corrected chi connectivity index (χ2v) is 11.9. The lowest BCUT2D eigenvalue weighted by atomic mass is 10.1. The molecular weight excluding hydrogens is 567 g/mol. The lowest BCUT2D eigenvalue weighted by molar-refractivity contribution is 0.0610. The molecule has 9 nitrogen and oxygen atoms in total. The molecule has 0 saturated carbocycles. The summed E-state index contributed by atoms with van der Waals surface area (Å²) in [5.41, 5.74) is 0.947. The molecule has 1 heterocycles. The van der Waals surface area contributed by atoms with Crippen LogP contribution in [-0.2, 0) is 15.9 Å². The first-order valence-corrected chi connectivity index (χ1v) is 15.6. The average molecular weight is 599 g/mol. The highest BCUT2D eigenvalue weighted by Gasteiger charge is 2.51. The molecular formula is C33H31N2O7P. The van der Waals surface area contributed by atoms with Gasteiger partial charge in [-0.3, -0.25) is 19.8 Å². The third-order valence-corrected chi connectivity index (χ3v) is 8.98. The van der Waals surface area contributed by atoms with Crippen molar-refractivity contribution in [2.45, 2.75) is 38.6 Å². The lowest BCUT2D eigenvalue weighted by Gasteiger charge is -2.32. The number of nitrogens with one attached hydrogen (secondary N) is 1. The molecule has 0 spiro atoms. The summed E-state index contributed by atoms with van der Waals surface area (Å²) in [5.74, 6) is -2.09. The van der Waals surface area contributed by atoms with Gasteiger partial charge < -0.3 is 13.8 Å². The number of para-hydroxylation sites is 2. The van der Waals surface area contributed by atoms with Crippen LogP contribution in [0.1, 0.15) is 52.5 Å². The smallest absolute Gasteiger partial charge is 0.444 e. The maximum absolute atomic E-state index is 14.8. The Labute approximate surface area is 249 Å². The Morgan fingerprint density at radius 2 is 1.37 bits per heavy atom. The van der Waals surface area contributed by atoms with Crippen molar-refractivity contribution in [2.24, 2.45) is 0 Å². The third-order valence-electron chi connectivity index (χ3n) is 6.83. The third kappa shape index (κ3) is 6.79. The Balaban J connectivity index is 1.47. The van der Waals surface area contributed by atoms with E-state index < -0.39 is 31.3 Å². The SMILES string of the molecule is CCCCC(N1C(=O)c2cccc(NC(=O)OCc3ccccc3)c2C1=O)P(=O)(Oc1ccccc1)Oc1ccccc1. The Morgan fingerprint density at radius 1 is 0.791 bits per heavy atom. The molecule has 0 aromatic heterocycles. The first kappa shape index (κ1) is 29.6. The summed E-state index contributed by atoms with van der Waals surface area (Å²) in [5, 5.41) is 2.59. The molecule has 0 radical (unpaired) electrons. The minimum atomic E-state index is -4.27. The Morgan fingerprint density at radius 3 is 1.95 bits per heavy atom. The molecule has 4 aromatic rings. The van der Waals surface area contributed by atoms with E-state index in [9.17, 15) is 18.9 Å². The molecule has 1 aliphatic heterocycles. The molecule has 0 fully saturated rings. The molecule has 1 aliphatic rings. The number of nitrogens with zero attached hydrogens (tertiary/aromatic N) is 1. The van der Waals surface area contributed by atoms with Gasteiger partial charge in [-0.2, -0.15) is 0 Å². The van der Waals surface area contributed by atoms with Gasteiger partial charge in [0, 0.05) is 0 Å². The second-order valence-electron chi connectivity index (χ2n) is 9.87. The van der Waals surface area contributed by atoms with Crippen LogP contribution in [0.2, 0.25) is 0 Å².